The molecule has 0 unspecified atom stereocenters. The van der Waals surface area contributed by atoms with Crippen LogP contribution in [0.15, 0.2) is 30.6 Å². The number of aryl methyl sites for hydroxylation is 1. The van der Waals surface area contributed by atoms with Crippen LogP contribution in [0.25, 0.3) is 0 Å². The average molecular weight is 290 g/mol. The van der Waals surface area contributed by atoms with Crippen molar-refractivity contribution >= 4 is 11.4 Å². The van der Waals surface area contributed by atoms with Crippen LogP contribution >= 0.6 is 0 Å². The zero-order valence-corrected chi connectivity index (χ0v) is 12.1. The summed E-state index contributed by atoms with van der Waals surface area (Å²) in [5.41, 5.74) is 1.52. The van der Waals surface area contributed by atoms with Crippen LogP contribution in [0.2, 0.25) is 0 Å². The molecule has 0 saturated carbocycles. The van der Waals surface area contributed by atoms with E-state index in [0.29, 0.717) is 18.8 Å². The summed E-state index contributed by atoms with van der Waals surface area (Å²) in [6.07, 6.45) is 4.45. The molecule has 1 aromatic heterocycles. The molecule has 0 aliphatic heterocycles. The van der Waals surface area contributed by atoms with Gasteiger partial charge in [0.2, 0.25) is 0 Å². The molecule has 0 atom stereocenters. The fourth-order valence-electron chi connectivity index (χ4n) is 2.07. The monoisotopic (exact) mass is 290 g/mol. The number of aromatic nitrogens is 2. The third kappa shape index (κ3) is 3.71. The van der Waals surface area contributed by atoms with Crippen LogP contribution < -0.4 is 10.1 Å². The SMILES string of the molecule is CCOc1cccc(NCCc2cnn(C)c2)c1[N+](=O)[O-]. The lowest BCUT2D eigenvalue weighted by Gasteiger charge is -2.10. The first-order chi connectivity index (χ1) is 10.1. The molecule has 2 rings (SSSR count). The van der Waals surface area contributed by atoms with Crippen molar-refractivity contribution in [3.05, 3.63) is 46.3 Å². The van der Waals surface area contributed by atoms with E-state index in [4.69, 9.17) is 4.74 Å². The molecule has 112 valence electrons. The van der Waals surface area contributed by atoms with E-state index in [9.17, 15) is 10.1 Å². The van der Waals surface area contributed by atoms with E-state index < -0.39 is 4.92 Å². The Labute approximate surface area is 122 Å². The van der Waals surface area contributed by atoms with E-state index in [0.717, 1.165) is 12.0 Å². The van der Waals surface area contributed by atoms with Gasteiger partial charge in [0, 0.05) is 19.8 Å². The summed E-state index contributed by atoms with van der Waals surface area (Å²) >= 11 is 0. The molecule has 0 radical (unpaired) electrons. The molecule has 0 amide bonds. The molecule has 1 N–H and O–H groups in total. The zero-order valence-electron chi connectivity index (χ0n) is 12.1. The van der Waals surface area contributed by atoms with Gasteiger partial charge in [0.1, 0.15) is 5.69 Å². The number of nitro benzene ring substituents is 1. The Bertz CT molecular complexity index is 624. The van der Waals surface area contributed by atoms with E-state index in [1.54, 1.807) is 36.0 Å². The van der Waals surface area contributed by atoms with Gasteiger partial charge in [-0.15, -0.1) is 0 Å². The van der Waals surface area contributed by atoms with Crippen molar-refractivity contribution in [3.63, 3.8) is 0 Å². The largest absolute Gasteiger partial charge is 0.487 e. The summed E-state index contributed by atoms with van der Waals surface area (Å²) in [4.78, 5) is 10.8. The second kappa shape index (κ2) is 6.74. The van der Waals surface area contributed by atoms with Crippen molar-refractivity contribution in [2.45, 2.75) is 13.3 Å². The first-order valence-corrected chi connectivity index (χ1v) is 6.73. The number of nitrogens with one attached hydrogen (secondary N) is 1. The first kappa shape index (κ1) is 14.8. The molecule has 0 bridgehead atoms. The van der Waals surface area contributed by atoms with Crippen molar-refractivity contribution in [3.8, 4) is 5.75 Å². The number of benzene rings is 1. The molecule has 0 aliphatic carbocycles. The van der Waals surface area contributed by atoms with Gasteiger partial charge in [-0.1, -0.05) is 6.07 Å². The fourth-order valence-corrected chi connectivity index (χ4v) is 2.07. The zero-order chi connectivity index (χ0) is 15.2. The van der Waals surface area contributed by atoms with Gasteiger partial charge in [-0.3, -0.25) is 14.8 Å². The summed E-state index contributed by atoms with van der Waals surface area (Å²) in [5, 5.41) is 18.4. The molecule has 0 aliphatic rings. The maximum atomic E-state index is 11.2. The number of ether oxygens (including phenoxy) is 1. The van der Waals surface area contributed by atoms with Gasteiger partial charge in [0.25, 0.3) is 0 Å². The summed E-state index contributed by atoms with van der Waals surface area (Å²) in [5.74, 6) is 0.286. The molecule has 7 heteroatoms. The van der Waals surface area contributed by atoms with E-state index in [-0.39, 0.29) is 11.4 Å². The topological polar surface area (TPSA) is 82.2 Å². The molecule has 1 aromatic carbocycles. The maximum Gasteiger partial charge on any atom is 0.333 e. The minimum absolute atomic E-state index is 0.0227. The van der Waals surface area contributed by atoms with Crippen LogP contribution in [0.5, 0.6) is 5.75 Å². The summed E-state index contributed by atoms with van der Waals surface area (Å²) in [6, 6.07) is 5.03. The minimum atomic E-state index is -0.419. The highest BCUT2D eigenvalue weighted by molar-refractivity contribution is 5.68. The molecule has 7 nitrogen and oxygen atoms in total. The molecule has 2 aromatic rings. The second-order valence-corrected chi connectivity index (χ2v) is 4.54. The van der Waals surface area contributed by atoms with E-state index in [2.05, 4.69) is 10.4 Å². The van der Waals surface area contributed by atoms with E-state index in [1.807, 2.05) is 13.2 Å². The Kier molecular flexibility index (Phi) is 4.76. The van der Waals surface area contributed by atoms with E-state index in [1.165, 1.54) is 0 Å². The number of para-hydroxylation sites is 1. The highest BCUT2D eigenvalue weighted by atomic mass is 16.6. The predicted octanol–water partition coefficient (Wildman–Crippen LogP) is 2.38. The summed E-state index contributed by atoms with van der Waals surface area (Å²) < 4.78 is 7.04. The minimum Gasteiger partial charge on any atom is -0.487 e. The summed E-state index contributed by atoms with van der Waals surface area (Å²) in [7, 11) is 1.85. The van der Waals surface area contributed by atoms with Gasteiger partial charge in [0.05, 0.1) is 17.7 Å². The number of anilines is 1. The van der Waals surface area contributed by atoms with Crippen LogP contribution in [0.4, 0.5) is 11.4 Å². The quantitative estimate of drug-likeness (QED) is 0.625. The Balaban J connectivity index is 2.08. The molecule has 0 spiro atoms. The lowest BCUT2D eigenvalue weighted by atomic mass is 10.2. The highest BCUT2D eigenvalue weighted by Gasteiger charge is 2.20. The highest BCUT2D eigenvalue weighted by Crippen LogP contribution is 2.34. The standard InChI is InChI=1S/C14H18N4O3/c1-3-21-13-6-4-5-12(14(13)18(19)20)15-8-7-11-9-16-17(2)10-11/h4-6,9-10,15H,3,7-8H2,1-2H3. The van der Waals surface area contributed by atoms with Gasteiger partial charge in [0.15, 0.2) is 5.75 Å². The average Bonchev–Trinajstić information content (AvgIpc) is 2.85. The second-order valence-electron chi connectivity index (χ2n) is 4.54. The Morgan fingerprint density at radius 2 is 2.29 bits per heavy atom. The van der Waals surface area contributed by atoms with Gasteiger partial charge < -0.3 is 10.1 Å². The van der Waals surface area contributed by atoms with Crippen LogP contribution in [0, 0.1) is 10.1 Å². The van der Waals surface area contributed by atoms with Crippen molar-refractivity contribution in [2.75, 3.05) is 18.5 Å². The lowest BCUT2D eigenvalue weighted by Crippen LogP contribution is -2.08. The van der Waals surface area contributed by atoms with Crippen molar-refractivity contribution in [1.29, 1.82) is 0 Å². The van der Waals surface area contributed by atoms with Crippen molar-refractivity contribution < 1.29 is 9.66 Å². The number of rotatable bonds is 7. The number of hydrogen-bond acceptors (Lipinski definition) is 5. The molecular weight excluding hydrogens is 272 g/mol. The maximum absolute atomic E-state index is 11.2. The van der Waals surface area contributed by atoms with E-state index >= 15 is 0 Å². The van der Waals surface area contributed by atoms with Crippen LogP contribution in [0.1, 0.15) is 12.5 Å². The van der Waals surface area contributed by atoms with Crippen molar-refractivity contribution in [1.82, 2.24) is 9.78 Å². The van der Waals surface area contributed by atoms with Gasteiger partial charge in [-0.05, 0) is 31.0 Å². The fraction of sp³-hybridized carbons (Fsp3) is 0.357. The normalized spacial score (nSPS) is 10.4. The molecule has 1 heterocycles. The number of hydrogen-bond donors (Lipinski definition) is 1. The predicted molar refractivity (Wildman–Crippen MR) is 79.7 cm³/mol. The van der Waals surface area contributed by atoms with Gasteiger partial charge >= 0.3 is 5.69 Å². The van der Waals surface area contributed by atoms with Crippen molar-refractivity contribution in [2.24, 2.45) is 7.05 Å². The first-order valence-electron chi connectivity index (χ1n) is 6.73. The molecule has 21 heavy (non-hydrogen) atoms. The smallest absolute Gasteiger partial charge is 0.333 e. The lowest BCUT2D eigenvalue weighted by molar-refractivity contribution is -0.384. The van der Waals surface area contributed by atoms with Crippen LogP contribution in [-0.4, -0.2) is 27.9 Å². The van der Waals surface area contributed by atoms with Gasteiger partial charge in [-0.25, -0.2) is 0 Å². The number of nitro groups is 1. The molecular formula is C14H18N4O3. The summed E-state index contributed by atoms with van der Waals surface area (Å²) in [6.45, 7) is 2.77. The third-order valence-electron chi connectivity index (χ3n) is 2.97. The Morgan fingerprint density at radius 3 is 2.90 bits per heavy atom. The van der Waals surface area contributed by atoms with Gasteiger partial charge in [-0.2, -0.15) is 5.10 Å². The van der Waals surface area contributed by atoms with Crippen LogP contribution in [-0.2, 0) is 13.5 Å². The Hall–Kier alpha value is -2.57. The molecule has 0 fully saturated rings. The third-order valence-corrected chi connectivity index (χ3v) is 2.97. The van der Waals surface area contributed by atoms with Crippen LogP contribution in [0.3, 0.4) is 0 Å². The Morgan fingerprint density at radius 1 is 1.48 bits per heavy atom. The number of nitrogens with zero attached hydrogens (tertiary/aromatic N) is 3. The molecule has 0 saturated heterocycles.